The van der Waals surface area contributed by atoms with Crippen molar-refractivity contribution in [3.63, 3.8) is 0 Å². The molecule has 1 aliphatic heterocycles. The molecule has 0 saturated carbocycles. The number of nitrogens with zero attached hydrogens (tertiary/aromatic N) is 3. The maximum Gasteiger partial charge on any atom is 0.338 e. The fraction of sp³-hybridized carbons (Fsp3) is 0.182. The summed E-state index contributed by atoms with van der Waals surface area (Å²) in [6, 6.07) is 12.6. The summed E-state index contributed by atoms with van der Waals surface area (Å²) in [5.74, 6) is -0.453. The van der Waals surface area contributed by atoms with Crippen LogP contribution in [0.5, 0.6) is 0 Å². The van der Waals surface area contributed by atoms with E-state index in [1.165, 1.54) is 11.3 Å². The predicted octanol–water partition coefficient (Wildman–Crippen LogP) is 2.19. The number of pyridine rings is 1. The summed E-state index contributed by atoms with van der Waals surface area (Å²) < 4.78 is 7.42. The van der Waals surface area contributed by atoms with Gasteiger partial charge in [0, 0.05) is 12.4 Å². The molecule has 1 atom stereocenters. The molecular formula is C22H19N3O3S. The van der Waals surface area contributed by atoms with Crippen molar-refractivity contribution in [3.8, 4) is 0 Å². The minimum Gasteiger partial charge on any atom is -0.463 e. The van der Waals surface area contributed by atoms with Crippen molar-refractivity contribution < 1.29 is 9.53 Å². The zero-order valence-electron chi connectivity index (χ0n) is 16.0. The van der Waals surface area contributed by atoms with E-state index in [0.29, 0.717) is 20.6 Å². The quantitative estimate of drug-likeness (QED) is 0.624. The van der Waals surface area contributed by atoms with Crippen LogP contribution in [0, 0.1) is 0 Å². The average molecular weight is 405 g/mol. The Labute approximate surface area is 171 Å². The molecule has 29 heavy (non-hydrogen) atoms. The molecule has 0 radical (unpaired) electrons. The van der Waals surface area contributed by atoms with Gasteiger partial charge in [-0.3, -0.25) is 14.3 Å². The summed E-state index contributed by atoms with van der Waals surface area (Å²) >= 11 is 1.31. The highest BCUT2D eigenvalue weighted by molar-refractivity contribution is 7.07. The largest absolute Gasteiger partial charge is 0.463 e. The van der Waals surface area contributed by atoms with Crippen LogP contribution in [0.3, 0.4) is 0 Å². The van der Waals surface area contributed by atoms with Crippen LogP contribution in [0.15, 0.2) is 75.9 Å². The normalized spacial score (nSPS) is 16.3. The molecule has 146 valence electrons. The Morgan fingerprint density at radius 3 is 2.62 bits per heavy atom. The number of ether oxygens (including phenoxy) is 1. The van der Waals surface area contributed by atoms with Crippen LogP contribution < -0.4 is 14.9 Å². The van der Waals surface area contributed by atoms with E-state index in [4.69, 9.17) is 4.74 Å². The van der Waals surface area contributed by atoms with Crippen molar-refractivity contribution in [1.29, 1.82) is 0 Å². The SMILES string of the molecule is CCOC(=O)C1=C(C)N=c2s/c(=C/c3ccncc3)c(=O)n2C1c1ccccc1. The predicted molar refractivity (Wildman–Crippen MR) is 111 cm³/mol. The molecule has 0 N–H and O–H groups in total. The number of allylic oxidation sites excluding steroid dienone is 1. The number of carbonyl (C=O) groups excluding carboxylic acids is 1. The Bertz CT molecular complexity index is 1260. The van der Waals surface area contributed by atoms with E-state index in [1.807, 2.05) is 48.5 Å². The van der Waals surface area contributed by atoms with Crippen LogP contribution >= 0.6 is 11.3 Å². The molecule has 6 nitrogen and oxygen atoms in total. The van der Waals surface area contributed by atoms with E-state index >= 15 is 0 Å². The van der Waals surface area contributed by atoms with E-state index in [0.717, 1.165) is 11.1 Å². The van der Waals surface area contributed by atoms with Gasteiger partial charge in [-0.25, -0.2) is 9.79 Å². The number of carbonyl (C=O) groups is 1. The highest BCUT2D eigenvalue weighted by Gasteiger charge is 2.33. The van der Waals surface area contributed by atoms with Crippen molar-refractivity contribution in [1.82, 2.24) is 9.55 Å². The van der Waals surface area contributed by atoms with E-state index < -0.39 is 12.0 Å². The first-order chi connectivity index (χ1) is 14.1. The molecule has 1 unspecified atom stereocenters. The van der Waals surface area contributed by atoms with Crippen molar-refractivity contribution in [3.05, 3.63) is 96.9 Å². The summed E-state index contributed by atoms with van der Waals surface area (Å²) in [6.45, 7) is 3.79. The van der Waals surface area contributed by atoms with Gasteiger partial charge in [-0.05, 0) is 43.2 Å². The van der Waals surface area contributed by atoms with Gasteiger partial charge in [0.05, 0.1) is 28.5 Å². The van der Waals surface area contributed by atoms with E-state index in [1.54, 1.807) is 30.8 Å². The summed E-state index contributed by atoms with van der Waals surface area (Å²) in [7, 11) is 0. The molecule has 0 spiro atoms. The highest BCUT2D eigenvalue weighted by atomic mass is 32.1. The molecule has 3 aromatic rings. The summed E-state index contributed by atoms with van der Waals surface area (Å²) in [6.07, 6.45) is 5.17. The number of benzene rings is 1. The Morgan fingerprint density at radius 2 is 1.93 bits per heavy atom. The lowest BCUT2D eigenvalue weighted by Crippen LogP contribution is -2.39. The van der Waals surface area contributed by atoms with Crippen molar-refractivity contribution in [2.24, 2.45) is 4.99 Å². The maximum absolute atomic E-state index is 13.3. The van der Waals surface area contributed by atoms with Crippen molar-refractivity contribution >= 4 is 23.4 Å². The Morgan fingerprint density at radius 1 is 1.21 bits per heavy atom. The van der Waals surface area contributed by atoms with Gasteiger partial charge < -0.3 is 4.74 Å². The zero-order valence-corrected chi connectivity index (χ0v) is 16.8. The third kappa shape index (κ3) is 3.56. The average Bonchev–Trinajstić information content (AvgIpc) is 3.03. The summed E-state index contributed by atoms with van der Waals surface area (Å²) in [5, 5.41) is 0. The molecule has 0 aliphatic carbocycles. The molecule has 0 bridgehead atoms. The second-order valence-corrected chi connectivity index (χ2v) is 7.50. The first-order valence-corrected chi connectivity index (χ1v) is 10.1. The van der Waals surface area contributed by atoms with Crippen molar-refractivity contribution in [2.45, 2.75) is 19.9 Å². The molecule has 7 heteroatoms. The number of aromatic nitrogens is 2. The number of hydrogen-bond acceptors (Lipinski definition) is 6. The van der Waals surface area contributed by atoms with Crippen LogP contribution in [0.2, 0.25) is 0 Å². The van der Waals surface area contributed by atoms with E-state index in [-0.39, 0.29) is 12.2 Å². The minimum atomic E-state index is -0.578. The molecule has 2 aromatic heterocycles. The van der Waals surface area contributed by atoms with Gasteiger partial charge in [-0.2, -0.15) is 0 Å². The lowest BCUT2D eigenvalue weighted by molar-refractivity contribution is -0.139. The van der Waals surface area contributed by atoms with Crippen LogP contribution in [0.1, 0.15) is 31.0 Å². The second-order valence-electron chi connectivity index (χ2n) is 6.49. The van der Waals surface area contributed by atoms with Gasteiger partial charge in [0.2, 0.25) is 0 Å². The first kappa shape index (κ1) is 19.0. The zero-order chi connectivity index (χ0) is 20.4. The number of esters is 1. The monoisotopic (exact) mass is 405 g/mol. The molecule has 3 heterocycles. The number of hydrogen-bond donors (Lipinski definition) is 0. The molecule has 1 aliphatic rings. The van der Waals surface area contributed by atoms with Crippen LogP contribution in [-0.4, -0.2) is 22.1 Å². The Balaban J connectivity index is 1.96. The van der Waals surface area contributed by atoms with Crippen LogP contribution in [-0.2, 0) is 9.53 Å². The Hall–Kier alpha value is -3.32. The second kappa shape index (κ2) is 7.97. The smallest absolute Gasteiger partial charge is 0.338 e. The lowest BCUT2D eigenvalue weighted by atomic mass is 9.96. The molecular weight excluding hydrogens is 386 g/mol. The molecule has 4 rings (SSSR count). The Kier molecular flexibility index (Phi) is 5.22. The fourth-order valence-electron chi connectivity index (χ4n) is 3.35. The third-order valence-electron chi connectivity index (χ3n) is 4.64. The topological polar surface area (TPSA) is 73.6 Å². The summed E-state index contributed by atoms with van der Waals surface area (Å²) in [5.41, 5.74) is 2.48. The lowest BCUT2D eigenvalue weighted by Gasteiger charge is -2.24. The van der Waals surface area contributed by atoms with Gasteiger partial charge in [-0.15, -0.1) is 0 Å². The van der Waals surface area contributed by atoms with Crippen LogP contribution in [0.25, 0.3) is 6.08 Å². The fourth-order valence-corrected chi connectivity index (χ4v) is 4.40. The van der Waals surface area contributed by atoms with E-state index in [2.05, 4.69) is 9.98 Å². The van der Waals surface area contributed by atoms with Gasteiger partial charge in [0.1, 0.15) is 0 Å². The molecule has 0 fully saturated rings. The van der Waals surface area contributed by atoms with E-state index in [9.17, 15) is 9.59 Å². The molecule has 0 saturated heterocycles. The van der Waals surface area contributed by atoms with Crippen molar-refractivity contribution in [2.75, 3.05) is 6.61 Å². The van der Waals surface area contributed by atoms with Gasteiger partial charge in [-0.1, -0.05) is 41.7 Å². The standard InChI is InChI=1S/C22H19N3O3S/c1-3-28-21(27)18-14(2)24-22-25(19(18)16-7-5-4-6-8-16)20(26)17(29-22)13-15-9-11-23-12-10-15/h4-13,19H,3H2,1-2H3/b17-13+. The van der Waals surface area contributed by atoms with Gasteiger partial charge in [0.15, 0.2) is 4.80 Å². The molecule has 0 amide bonds. The third-order valence-corrected chi connectivity index (χ3v) is 5.62. The first-order valence-electron chi connectivity index (χ1n) is 9.24. The van der Waals surface area contributed by atoms with Crippen LogP contribution in [0.4, 0.5) is 0 Å². The number of rotatable bonds is 4. The highest BCUT2D eigenvalue weighted by Crippen LogP contribution is 2.30. The van der Waals surface area contributed by atoms with Gasteiger partial charge >= 0.3 is 5.97 Å². The number of thiazole rings is 1. The van der Waals surface area contributed by atoms with Gasteiger partial charge in [0.25, 0.3) is 5.56 Å². The number of fused-ring (bicyclic) bond motifs is 1. The molecule has 1 aromatic carbocycles. The summed E-state index contributed by atoms with van der Waals surface area (Å²) in [4.78, 5) is 35.2. The maximum atomic E-state index is 13.3. The minimum absolute atomic E-state index is 0.186.